The molecule has 0 aliphatic heterocycles. The number of hydrogen-bond acceptors (Lipinski definition) is 6. The summed E-state index contributed by atoms with van der Waals surface area (Å²) in [6, 6.07) is 1.29. The van der Waals surface area contributed by atoms with Crippen LogP contribution in [0.25, 0.3) is 0 Å². The number of unbranched alkanes of at least 4 members (excludes halogenated alkanes) is 1. The van der Waals surface area contributed by atoms with E-state index in [0.29, 0.717) is 17.8 Å². The molecule has 2 unspecified atom stereocenters. The predicted molar refractivity (Wildman–Crippen MR) is 116 cm³/mol. The molecular weight excluding hydrogens is 386 g/mol. The Kier molecular flexibility index (Phi) is 10.6. The monoisotopic (exact) mass is 419 g/mol. The van der Waals surface area contributed by atoms with Crippen LogP contribution in [-0.4, -0.2) is 30.1 Å². The van der Waals surface area contributed by atoms with Gasteiger partial charge in [-0.1, -0.05) is 44.9 Å². The van der Waals surface area contributed by atoms with E-state index in [1.165, 1.54) is 13.2 Å². The number of nitrogens with one attached hydrogen (secondary N) is 1. The van der Waals surface area contributed by atoms with Gasteiger partial charge >= 0.3 is 11.7 Å². The molecule has 0 aliphatic rings. The smallest absolute Gasteiger partial charge is 0.407 e. The largest absolute Gasteiger partial charge is 0.507 e. The first-order valence-corrected chi connectivity index (χ1v) is 10.3. The van der Waals surface area contributed by atoms with Crippen molar-refractivity contribution in [1.29, 1.82) is 0 Å². The fourth-order valence-corrected chi connectivity index (χ4v) is 2.90. The van der Waals surface area contributed by atoms with Crippen LogP contribution in [0.3, 0.4) is 0 Å². The summed E-state index contributed by atoms with van der Waals surface area (Å²) >= 11 is 0. The van der Waals surface area contributed by atoms with E-state index in [9.17, 15) is 19.5 Å². The van der Waals surface area contributed by atoms with Crippen molar-refractivity contribution in [2.24, 2.45) is 0 Å². The fourth-order valence-electron chi connectivity index (χ4n) is 2.90. The molecule has 2 N–H and O–H groups in total. The van der Waals surface area contributed by atoms with Crippen LogP contribution in [0, 0.1) is 0 Å². The first kappa shape index (κ1) is 25.2. The van der Waals surface area contributed by atoms with E-state index >= 15 is 0 Å². The second kappa shape index (κ2) is 12.7. The Morgan fingerprint density at radius 1 is 1.30 bits per heavy atom. The molecule has 1 heterocycles. The highest BCUT2D eigenvalue weighted by Crippen LogP contribution is 2.26. The molecule has 0 aliphatic carbocycles. The molecule has 1 aromatic heterocycles. The molecule has 30 heavy (non-hydrogen) atoms. The predicted octanol–water partition coefficient (Wildman–Crippen LogP) is 4.85. The second-order valence-corrected chi connectivity index (χ2v) is 7.46. The number of ether oxygens (including phenoxy) is 1. The molecule has 0 radical (unpaired) electrons. The van der Waals surface area contributed by atoms with Gasteiger partial charge in [0, 0.05) is 18.0 Å². The fraction of sp³-hybridized carbons (Fsp3) is 0.522. The average molecular weight is 420 g/mol. The summed E-state index contributed by atoms with van der Waals surface area (Å²) in [6.45, 7) is 7.40. The Labute approximate surface area is 177 Å². The molecule has 2 atom stereocenters. The van der Waals surface area contributed by atoms with E-state index in [2.05, 4.69) is 17.0 Å². The lowest BCUT2D eigenvalue weighted by Crippen LogP contribution is -2.32. The Hall–Kier alpha value is -2.83. The van der Waals surface area contributed by atoms with Crippen molar-refractivity contribution in [3.63, 3.8) is 0 Å². The van der Waals surface area contributed by atoms with Crippen molar-refractivity contribution in [2.45, 2.75) is 71.8 Å². The topological polar surface area (TPSA) is 106 Å². The average Bonchev–Trinajstić information content (AvgIpc) is 2.70. The van der Waals surface area contributed by atoms with E-state index in [-0.39, 0.29) is 23.3 Å². The van der Waals surface area contributed by atoms with Gasteiger partial charge in [0.25, 0.3) is 0 Å². The zero-order valence-electron chi connectivity index (χ0n) is 18.5. The maximum absolute atomic E-state index is 12.5. The summed E-state index contributed by atoms with van der Waals surface area (Å²) in [5.41, 5.74) is -0.842. The first-order valence-electron chi connectivity index (χ1n) is 10.3. The standard InChI is InChI=1S/C23H33NO6/c1-6-7-8-9-11-16(3)21(26)20-18(25)14-19(30-22(20)27)15(2)12-10-13-17(4)24-23(28)29-5/h8-9,11,14-15,17,25H,6-7,10,12-13H2,1-5H3,(H,24,28). The third-order valence-electron chi connectivity index (χ3n) is 4.78. The SMILES string of the molecule is CCCC=CC=C(C)C(=O)c1c(O)cc(C(C)CCCC(C)NC(=O)OC)oc1=O. The second-order valence-electron chi connectivity index (χ2n) is 7.46. The first-order chi connectivity index (χ1) is 14.2. The third kappa shape index (κ3) is 7.89. The maximum atomic E-state index is 12.5. The van der Waals surface area contributed by atoms with Gasteiger partial charge in [0.2, 0.25) is 0 Å². The van der Waals surface area contributed by atoms with Crippen molar-refractivity contribution >= 4 is 11.9 Å². The number of aromatic hydroxyl groups is 1. The number of carbonyl (C=O) groups excluding carboxylic acids is 2. The summed E-state index contributed by atoms with van der Waals surface area (Å²) in [5, 5.41) is 13.0. The van der Waals surface area contributed by atoms with Crippen molar-refractivity contribution < 1.29 is 23.8 Å². The van der Waals surface area contributed by atoms with Crippen LogP contribution in [0.5, 0.6) is 5.75 Å². The van der Waals surface area contributed by atoms with E-state index < -0.39 is 17.5 Å². The zero-order valence-corrected chi connectivity index (χ0v) is 18.5. The van der Waals surface area contributed by atoms with E-state index in [4.69, 9.17) is 4.42 Å². The van der Waals surface area contributed by atoms with Gasteiger partial charge in [-0.3, -0.25) is 4.79 Å². The van der Waals surface area contributed by atoms with Crippen molar-refractivity contribution in [2.75, 3.05) is 7.11 Å². The molecule has 0 bridgehead atoms. The van der Waals surface area contributed by atoms with E-state index in [1.807, 2.05) is 19.9 Å². The summed E-state index contributed by atoms with van der Waals surface area (Å²) in [6.07, 6.45) is 8.92. The molecule has 7 nitrogen and oxygen atoms in total. The molecule has 7 heteroatoms. The normalized spacial score (nSPS) is 13.8. The summed E-state index contributed by atoms with van der Waals surface area (Å²) in [4.78, 5) is 36.1. The van der Waals surface area contributed by atoms with E-state index in [1.54, 1.807) is 19.1 Å². The molecule has 1 rings (SSSR count). The quantitative estimate of drug-likeness (QED) is 0.302. The van der Waals surface area contributed by atoms with Crippen LogP contribution < -0.4 is 10.9 Å². The highest BCUT2D eigenvalue weighted by Gasteiger charge is 2.22. The van der Waals surface area contributed by atoms with Crippen LogP contribution in [0.2, 0.25) is 0 Å². The van der Waals surface area contributed by atoms with Gasteiger partial charge in [0.1, 0.15) is 17.1 Å². The summed E-state index contributed by atoms with van der Waals surface area (Å²) in [5.74, 6) is -0.729. The number of ketones is 1. The van der Waals surface area contributed by atoms with Crippen LogP contribution in [0.15, 0.2) is 39.1 Å². The Morgan fingerprint density at radius 3 is 2.60 bits per heavy atom. The Balaban J connectivity index is 2.81. The van der Waals surface area contributed by atoms with Gasteiger partial charge in [-0.05, 0) is 38.7 Å². The molecule has 1 aromatic rings. The molecule has 166 valence electrons. The number of carbonyl (C=O) groups is 2. The van der Waals surface area contributed by atoms with Gasteiger partial charge in [0.05, 0.1) is 7.11 Å². The number of rotatable bonds is 11. The Morgan fingerprint density at radius 2 is 2.00 bits per heavy atom. The lowest BCUT2D eigenvalue weighted by Gasteiger charge is -2.15. The third-order valence-corrected chi connectivity index (χ3v) is 4.78. The molecule has 0 fully saturated rings. The van der Waals surface area contributed by atoms with Crippen LogP contribution >= 0.6 is 0 Å². The number of alkyl carbamates (subject to hydrolysis) is 1. The molecule has 0 aromatic carbocycles. The molecule has 0 saturated carbocycles. The lowest BCUT2D eigenvalue weighted by molar-refractivity contribution is 0.102. The van der Waals surface area contributed by atoms with Crippen molar-refractivity contribution in [3.05, 3.63) is 51.6 Å². The zero-order chi connectivity index (χ0) is 22.7. The highest BCUT2D eigenvalue weighted by molar-refractivity contribution is 6.09. The minimum absolute atomic E-state index is 0.0498. The van der Waals surface area contributed by atoms with Crippen LogP contribution in [-0.2, 0) is 4.74 Å². The van der Waals surface area contributed by atoms with Crippen molar-refractivity contribution in [1.82, 2.24) is 5.32 Å². The van der Waals surface area contributed by atoms with E-state index in [0.717, 1.165) is 25.7 Å². The molecule has 0 spiro atoms. The number of amides is 1. The summed E-state index contributed by atoms with van der Waals surface area (Å²) < 4.78 is 9.89. The Bertz CT molecular complexity index is 837. The number of allylic oxidation sites excluding steroid dienone is 4. The van der Waals surface area contributed by atoms with Gasteiger partial charge in [-0.25, -0.2) is 9.59 Å². The van der Waals surface area contributed by atoms with Crippen LogP contribution in [0.4, 0.5) is 4.79 Å². The molecule has 0 saturated heterocycles. The number of Topliss-reactive ketones (excluding diaryl/α,β-unsaturated/α-hetero) is 1. The van der Waals surface area contributed by atoms with Gasteiger partial charge in [0.15, 0.2) is 5.78 Å². The maximum Gasteiger partial charge on any atom is 0.407 e. The highest BCUT2D eigenvalue weighted by atomic mass is 16.5. The number of methoxy groups -OCH3 is 1. The van der Waals surface area contributed by atoms with Gasteiger partial charge in [-0.2, -0.15) is 0 Å². The lowest BCUT2D eigenvalue weighted by atomic mass is 9.98. The minimum Gasteiger partial charge on any atom is -0.507 e. The van der Waals surface area contributed by atoms with Gasteiger partial charge < -0.3 is 19.6 Å². The summed E-state index contributed by atoms with van der Waals surface area (Å²) in [7, 11) is 1.31. The molecular formula is C23H33NO6. The number of hydrogen-bond donors (Lipinski definition) is 2. The minimum atomic E-state index is -0.840. The molecule has 1 amide bonds. The van der Waals surface area contributed by atoms with Crippen LogP contribution in [0.1, 0.15) is 81.8 Å². The van der Waals surface area contributed by atoms with Gasteiger partial charge in [-0.15, -0.1) is 0 Å². The van der Waals surface area contributed by atoms with Crippen molar-refractivity contribution in [3.8, 4) is 5.75 Å².